The highest BCUT2D eigenvalue weighted by molar-refractivity contribution is 5.52. The molecule has 1 aromatic rings. The van der Waals surface area contributed by atoms with Crippen LogP contribution in [0.2, 0.25) is 0 Å². The van der Waals surface area contributed by atoms with Crippen LogP contribution in [0.4, 0.5) is 10.2 Å². The molecule has 0 saturated heterocycles. The molecule has 0 fully saturated rings. The Labute approximate surface area is 68.1 Å². The summed E-state index contributed by atoms with van der Waals surface area (Å²) < 4.78 is 12.5. The fourth-order valence-corrected chi connectivity index (χ4v) is 0.507. The van der Waals surface area contributed by atoms with Gasteiger partial charge < -0.3 is 10.6 Å². The van der Waals surface area contributed by atoms with Gasteiger partial charge in [-0.05, 0) is 6.92 Å². The number of hydrogen-bond acceptors (Lipinski definition) is 5. The highest BCUT2D eigenvalue weighted by Gasteiger charge is 2.02. The minimum Gasteiger partial charge on any atom is -0.381 e. The number of oxime groups is 1. The number of nitrogens with zero attached hydrogens (tertiary/aromatic N) is 3. The van der Waals surface area contributed by atoms with E-state index in [0.29, 0.717) is 0 Å². The molecule has 6 heteroatoms. The van der Waals surface area contributed by atoms with Gasteiger partial charge in [-0.2, -0.15) is 9.97 Å². The lowest BCUT2D eigenvalue weighted by molar-refractivity contribution is 0.313. The van der Waals surface area contributed by atoms with E-state index in [-0.39, 0.29) is 11.8 Å². The number of aromatic nitrogens is 2. The van der Waals surface area contributed by atoms with Crippen LogP contribution in [0.25, 0.3) is 0 Å². The Balaban J connectivity index is 2.82. The average Bonchev–Trinajstić information content (AvgIpc) is 2.07. The summed E-state index contributed by atoms with van der Waals surface area (Å²) in [7, 11) is 0. The Morgan fingerprint density at radius 3 is 3.08 bits per heavy atom. The third-order valence-electron chi connectivity index (χ3n) is 0.989. The van der Waals surface area contributed by atoms with Crippen molar-refractivity contribution in [3.05, 3.63) is 12.0 Å². The maximum absolute atomic E-state index is 12.5. The van der Waals surface area contributed by atoms with E-state index in [2.05, 4.69) is 20.0 Å². The van der Waals surface area contributed by atoms with Crippen molar-refractivity contribution in [1.29, 1.82) is 0 Å². The molecule has 1 rings (SSSR count). The van der Waals surface area contributed by atoms with E-state index in [1.54, 1.807) is 6.92 Å². The molecule has 0 aromatic carbocycles. The van der Waals surface area contributed by atoms with E-state index in [0.717, 1.165) is 6.20 Å². The van der Waals surface area contributed by atoms with Crippen molar-refractivity contribution in [3.8, 4) is 6.01 Å². The molecule has 0 saturated carbocycles. The first kappa shape index (κ1) is 8.38. The lowest BCUT2D eigenvalue weighted by atomic mass is 10.6. The molecule has 0 radical (unpaired) electrons. The summed E-state index contributed by atoms with van der Waals surface area (Å²) in [6, 6.07) is -0.0769. The summed E-state index contributed by atoms with van der Waals surface area (Å²) in [6.07, 6.45) is 2.33. The predicted octanol–water partition coefficient (Wildman–Crippen LogP) is 0.582. The van der Waals surface area contributed by atoms with E-state index in [1.807, 2.05) is 0 Å². The second-order valence-electron chi connectivity index (χ2n) is 1.84. The molecule has 5 nitrogen and oxygen atoms in total. The van der Waals surface area contributed by atoms with E-state index >= 15 is 0 Å². The first-order chi connectivity index (χ1) is 5.74. The molecule has 0 atom stereocenters. The smallest absolute Gasteiger partial charge is 0.347 e. The lowest BCUT2D eigenvalue weighted by Crippen LogP contribution is -1.99. The highest BCUT2D eigenvalue weighted by atomic mass is 19.1. The Bertz CT molecular complexity index is 302. The van der Waals surface area contributed by atoms with Gasteiger partial charge >= 0.3 is 6.01 Å². The highest BCUT2D eigenvalue weighted by Crippen LogP contribution is 2.08. The van der Waals surface area contributed by atoms with Gasteiger partial charge in [0.2, 0.25) is 0 Å². The quantitative estimate of drug-likeness (QED) is 0.520. The number of hydrogen-bond donors (Lipinski definition) is 1. The topological polar surface area (TPSA) is 73.4 Å². The summed E-state index contributed by atoms with van der Waals surface area (Å²) in [4.78, 5) is 11.5. The summed E-state index contributed by atoms with van der Waals surface area (Å²) in [5.74, 6) is -0.936. The van der Waals surface area contributed by atoms with Gasteiger partial charge in [0.1, 0.15) is 0 Å². The summed E-state index contributed by atoms with van der Waals surface area (Å²) >= 11 is 0. The zero-order chi connectivity index (χ0) is 8.97. The predicted molar refractivity (Wildman–Crippen MR) is 41.2 cm³/mol. The summed E-state index contributed by atoms with van der Waals surface area (Å²) in [5.41, 5.74) is 5.13. The second kappa shape index (κ2) is 3.61. The lowest BCUT2D eigenvalue weighted by Gasteiger charge is -1.96. The van der Waals surface area contributed by atoms with Gasteiger partial charge in [-0.3, -0.25) is 0 Å². The monoisotopic (exact) mass is 170 g/mol. The van der Waals surface area contributed by atoms with Crippen LogP contribution in [0.1, 0.15) is 6.92 Å². The minimum absolute atomic E-state index is 0.0769. The van der Waals surface area contributed by atoms with Crippen LogP contribution < -0.4 is 10.6 Å². The summed E-state index contributed by atoms with van der Waals surface area (Å²) in [6.45, 7) is 1.66. The van der Waals surface area contributed by atoms with Crippen molar-refractivity contribution < 1.29 is 9.23 Å². The molecule has 0 aliphatic carbocycles. The van der Waals surface area contributed by atoms with Gasteiger partial charge in [0, 0.05) is 6.21 Å². The fourth-order valence-electron chi connectivity index (χ4n) is 0.507. The normalized spacial score (nSPS) is 10.5. The van der Waals surface area contributed by atoms with E-state index in [9.17, 15) is 4.39 Å². The van der Waals surface area contributed by atoms with Crippen molar-refractivity contribution in [2.75, 3.05) is 5.73 Å². The van der Waals surface area contributed by atoms with Crippen molar-refractivity contribution >= 4 is 12.0 Å². The third-order valence-corrected chi connectivity index (χ3v) is 0.989. The van der Waals surface area contributed by atoms with Crippen LogP contribution in [-0.4, -0.2) is 16.2 Å². The molecule has 12 heavy (non-hydrogen) atoms. The largest absolute Gasteiger partial charge is 0.381 e. The Morgan fingerprint density at radius 2 is 2.50 bits per heavy atom. The molecule has 0 aliphatic heterocycles. The second-order valence-corrected chi connectivity index (χ2v) is 1.84. The SMILES string of the molecule is C/C=N/Oc1ncc(F)c(N)n1. The molecular weight excluding hydrogens is 163 g/mol. The van der Waals surface area contributed by atoms with E-state index < -0.39 is 5.82 Å². The van der Waals surface area contributed by atoms with Gasteiger partial charge in [0.05, 0.1) is 6.20 Å². The Hall–Kier alpha value is -1.72. The molecule has 1 aromatic heterocycles. The van der Waals surface area contributed by atoms with Crippen LogP contribution in [-0.2, 0) is 0 Å². The van der Waals surface area contributed by atoms with Crippen LogP contribution in [0.3, 0.4) is 0 Å². The van der Waals surface area contributed by atoms with Crippen molar-refractivity contribution in [2.45, 2.75) is 6.92 Å². The molecule has 0 amide bonds. The van der Waals surface area contributed by atoms with Crippen LogP contribution >= 0.6 is 0 Å². The number of halogens is 1. The molecule has 1 heterocycles. The molecule has 2 N–H and O–H groups in total. The van der Waals surface area contributed by atoms with Gasteiger partial charge in [-0.1, -0.05) is 5.16 Å². The Morgan fingerprint density at radius 1 is 1.75 bits per heavy atom. The zero-order valence-corrected chi connectivity index (χ0v) is 6.36. The van der Waals surface area contributed by atoms with Crippen LogP contribution in [0.5, 0.6) is 6.01 Å². The van der Waals surface area contributed by atoms with Crippen LogP contribution in [0, 0.1) is 5.82 Å². The van der Waals surface area contributed by atoms with Crippen molar-refractivity contribution in [1.82, 2.24) is 9.97 Å². The van der Waals surface area contributed by atoms with Gasteiger partial charge in [0.25, 0.3) is 0 Å². The minimum atomic E-state index is -0.678. The standard InChI is InChI=1S/C6H7FN4O/c1-2-10-12-6-9-3-4(7)5(8)11-6/h2-3H,1H3,(H2,8,9,11)/b10-2+. The molecule has 0 bridgehead atoms. The zero-order valence-electron chi connectivity index (χ0n) is 6.36. The fraction of sp³-hybridized carbons (Fsp3) is 0.167. The average molecular weight is 170 g/mol. The van der Waals surface area contributed by atoms with Gasteiger partial charge in [-0.15, -0.1) is 0 Å². The van der Waals surface area contributed by atoms with Gasteiger partial charge in [-0.25, -0.2) is 4.39 Å². The number of rotatable bonds is 2. The van der Waals surface area contributed by atoms with Gasteiger partial charge in [0.15, 0.2) is 11.6 Å². The van der Waals surface area contributed by atoms with Crippen molar-refractivity contribution in [2.24, 2.45) is 5.16 Å². The Kier molecular flexibility index (Phi) is 2.52. The van der Waals surface area contributed by atoms with E-state index in [4.69, 9.17) is 5.73 Å². The first-order valence-electron chi connectivity index (χ1n) is 3.17. The number of nitrogen functional groups attached to an aromatic ring is 1. The first-order valence-corrected chi connectivity index (χ1v) is 3.17. The van der Waals surface area contributed by atoms with E-state index in [1.165, 1.54) is 6.21 Å². The van der Waals surface area contributed by atoms with Crippen molar-refractivity contribution in [3.63, 3.8) is 0 Å². The molecule has 0 unspecified atom stereocenters. The number of nitrogens with two attached hydrogens (primary N) is 1. The number of anilines is 1. The third kappa shape index (κ3) is 1.88. The molecular formula is C6H7FN4O. The molecule has 64 valence electrons. The maximum atomic E-state index is 12.5. The molecule has 0 aliphatic rings. The maximum Gasteiger partial charge on any atom is 0.347 e. The van der Waals surface area contributed by atoms with Crippen LogP contribution in [0.15, 0.2) is 11.4 Å². The molecule has 0 spiro atoms. The summed E-state index contributed by atoms with van der Waals surface area (Å²) in [5, 5.41) is 3.38.